The van der Waals surface area contributed by atoms with Gasteiger partial charge in [-0.3, -0.25) is 4.79 Å². The molecule has 0 spiro atoms. The number of hydrogen-bond donors (Lipinski definition) is 1. The van der Waals surface area contributed by atoms with Crippen LogP contribution in [0.15, 0.2) is 0 Å². The minimum atomic E-state index is -4.42. The summed E-state index contributed by atoms with van der Waals surface area (Å²) in [7, 11) is -4.42. The molecule has 1 aliphatic rings. The van der Waals surface area contributed by atoms with Gasteiger partial charge in [-0.05, 0) is 19.3 Å². The number of carbonyl (C=O) groups is 1. The van der Waals surface area contributed by atoms with E-state index in [0.29, 0.717) is 6.04 Å². The quantitative estimate of drug-likeness (QED) is 0.301. The Morgan fingerprint density at radius 1 is 1.12 bits per heavy atom. The van der Waals surface area contributed by atoms with Crippen molar-refractivity contribution in [2.45, 2.75) is 96.1 Å². The lowest BCUT2D eigenvalue weighted by Crippen LogP contribution is -2.41. The van der Waals surface area contributed by atoms with Crippen LogP contribution in [-0.4, -0.2) is 43.4 Å². The first-order valence-corrected chi connectivity index (χ1v) is 11.3. The standard InChI is InChI=1S/C18H35NO5S/c1-2-3-4-5-6-10-13-18(20)24-17(15-25(21,22)23)14-19-16-11-8-7-9-12-16/h16-17,19H,2-15H2,1H3,(H,21,22,23)/p-1. The number of esters is 1. The predicted octanol–water partition coefficient (Wildman–Crippen LogP) is 3.12. The van der Waals surface area contributed by atoms with Crippen LogP contribution in [0.3, 0.4) is 0 Å². The Balaban J connectivity index is 2.32. The van der Waals surface area contributed by atoms with Crippen molar-refractivity contribution >= 4 is 16.1 Å². The molecule has 1 rings (SSSR count). The summed E-state index contributed by atoms with van der Waals surface area (Å²) < 4.78 is 38.4. The van der Waals surface area contributed by atoms with E-state index in [-0.39, 0.29) is 13.0 Å². The highest BCUT2D eigenvalue weighted by molar-refractivity contribution is 7.85. The first-order valence-electron chi connectivity index (χ1n) is 9.77. The summed E-state index contributed by atoms with van der Waals surface area (Å²) in [5, 5.41) is 3.26. The summed E-state index contributed by atoms with van der Waals surface area (Å²) >= 11 is 0. The van der Waals surface area contributed by atoms with Gasteiger partial charge in [-0.25, -0.2) is 8.42 Å². The molecule has 6 nitrogen and oxygen atoms in total. The van der Waals surface area contributed by atoms with Crippen molar-refractivity contribution in [1.82, 2.24) is 5.32 Å². The third-order valence-electron chi connectivity index (χ3n) is 4.66. The van der Waals surface area contributed by atoms with Crippen LogP contribution in [-0.2, 0) is 19.6 Å². The van der Waals surface area contributed by atoms with Gasteiger partial charge >= 0.3 is 5.97 Å². The van der Waals surface area contributed by atoms with E-state index in [1.165, 1.54) is 25.7 Å². The van der Waals surface area contributed by atoms with E-state index < -0.39 is 27.9 Å². The summed E-state index contributed by atoms with van der Waals surface area (Å²) in [5.74, 6) is -1.07. The van der Waals surface area contributed by atoms with Crippen LogP contribution in [0, 0.1) is 0 Å². The van der Waals surface area contributed by atoms with E-state index in [1.54, 1.807) is 0 Å². The summed E-state index contributed by atoms with van der Waals surface area (Å²) in [5.41, 5.74) is 0. The second kappa shape index (κ2) is 12.7. The van der Waals surface area contributed by atoms with Crippen molar-refractivity contribution in [3.63, 3.8) is 0 Å². The van der Waals surface area contributed by atoms with Crippen molar-refractivity contribution in [2.75, 3.05) is 12.3 Å². The van der Waals surface area contributed by atoms with Gasteiger partial charge in [0.1, 0.15) is 6.10 Å². The van der Waals surface area contributed by atoms with Gasteiger partial charge in [-0.2, -0.15) is 0 Å². The van der Waals surface area contributed by atoms with Crippen LogP contribution in [0.1, 0.15) is 84.0 Å². The van der Waals surface area contributed by atoms with Gasteiger partial charge in [0.05, 0.1) is 15.9 Å². The monoisotopic (exact) mass is 376 g/mol. The molecule has 0 aromatic heterocycles. The van der Waals surface area contributed by atoms with Gasteiger partial charge in [-0.1, -0.05) is 58.3 Å². The molecule has 0 aliphatic heterocycles. The Morgan fingerprint density at radius 2 is 1.76 bits per heavy atom. The first-order chi connectivity index (χ1) is 11.9. The molecule has 1 N–H and O–H groups in total. The van der Waals surface area contributed by atoms with Crippen LogP contribution in [0.5, 0.6) is 0 Å². The topological polar surface area (TPSA) is 95.5 Å². The van der Waals surface area contributed by atoms with E-state index >= 15 is 0 Å². The average molecular weight is 377 g/mol. The average Bonchev–Trinajstić information content (AvgIpc) is 2.55. The minimum Gasteiger partial charge on any atom is -0.748 e. The van der Waals surface area contributed by atoms with E-state index in [4.69, 9.17) is 4.74 Å². The molecule has 0 radical (unpaired) electrons. The zero-order valence-electron chi connectivity index (χ0n) is 15.5. The van der Waals surface area contributed by atoms with Gasteiger partial charge in [0.2, 0.25) is 0 Å². The van der Waals surface area contributed by atoms with Gasteiger partial charge < -0.3 is 14.6 Å². The molecule has 1 fully saturated rings. The number of ether oxygens (including phenoxy) is 1. The molecule has 1 saturated carbocycles. The Hall–Kier alpha value is -0.660. The van der Waals surface area contributed by atoms with Crippen LogP contribution in [0.4, 0.5) is 0 Å². The highest BCUT2D eigenvalue weighted by Gasteiger charge is 2.20. The van der Waals surface area contributed by atoms with Gasteiger partial charge in [0.15, 0.2) is 0 Å². The molecule has 0 aromatic carbocycles. The highest BCUT2D eigenvalue weighted by Crippen LogP contribution is 2.17. The Labute approximate surface area is 152 Å². The van der Waals surface area contributed by atoms with E-state index in [9.17, 15) is 17.8 Å². The van der Waals surface area contributed by atoms with Crippen molar-refractivity contribution in [3.8, 4) is 0 Å². The molecular weight excluding hydrogens is 342 g/mol. The molecule has 0 saturated heterocycles. The maximum absolute atomic E-state index is 11.9. The first kappa shape index (κ1) is 22.4. The molecule has 0 amide bonds. The second-order valence-electron chi connectivity index (χ2n) is 7.10. The molecule has 1 unspecified atom stereocenters. The number of unbranched alkanes of at least 4 members (excludes halogenated alkanes) is 5. The van der Waals surface area contributed by atoms with Crippen molar-refractivity contribution in [2.24, 2.45) is 0 Å². The number of rotatable bonds is 13. The van der Waals surface area contributed by atoms with Crippen LogP contribution in [0.2, 0.25) is 0 Å². The molecule has 0 aromatic rings. The Morgan fingerprint density at radius 3 is 2.40 bits per heavy atom. The zero-order chi connectivity index (χ0) is 18.5. The van der Waals surface area contributed by atoms with Crippen molar-refractivity contribution in [3.05, 3.63) is 0 Å². The van der Waals surface area contributed by atoms with Crippen LogP contribution < -0.4 is 5.32 Å². The summed E-state index contributed by atoms with van der Waals surface area (Å²) in [4.78, 5) is 11.9. The largest absolute Gasteiger partial charge is 0.748 e. The zero-order valence-corrected chi connectivity index (χ0v) is 16.3. The smallest absolute Gasteiger partial charge is 0.306 e. The fourth-order valence-corrected chi connectivity index (χ4v) is 3.90. The third kappa shape index (κ3) is 12.3. The highest BCUT2D eigenvalue weighted by atomic mass is 32.2. The number of hydrogen-bond acceptors (Lipinski definition) is 6. The van der Waals surface area contributed by atoms with E-state index in [0.717, 1.165) is 44.9 Å². The van der Waals surface area contributed by atoms with E-state index in [1.807, 2.05) is 0 Å². The molecule has 0 bridgehead atoms. The predicted molar refractivity (Wildman–Crippen MR) is 97.3 cm³/mol. The molecule has 1 aliphatic carbocycles. The second-order valence-corrected chi connectivity index (χ2v) is 8.55. The van der Waals surface area contributed by atoms with Crippen molar-refractivity contribution in [1.29, 1.82) is 0 Å². The van der Waals surface area contributed by atoms with Gasteiger partial charge in [0, 0.05) is 19.0 Å². The molecule has 148 valence electrons. The summed E-state index contributed by atoms with van der Waals surface area (Å²) in [6, 6.07) is 0.322. The van der Waals surface area contributed by atoms with Gasteiger partial charge in [-0.15, -0.1) is 0 Å². The Bertz CT molecular complexity index is 460. The minimum absolute atomic E-state index is 0.231. The normalized spacial score (nSPS) is 17.4. The SMILES string of the molecule is CCCCCCCCC(=O)OC(CNC1CCCCC1)CS(=O)(=O)[O-]. The van der Waals surface area contributed by atoms with Crippen LogP contribution in [0.25, 0.3) is 0 Å². The maximum atomic E-state index is 11.9. The lowest BCUT2D eigenvalue weighted by molar-refractivity contribution is -0.148. The summed E-state index contributed by atoms with van der Waals surface area (Å²) in [6.07, 6.45) is 11.4. The number of carbonyl (C=O) groups excluding carboxylic acids is 1. The summed E-state index contributed by atoms with van der Waals surface area (Å²) in [6.45, 7) is 2.39. The fraction of sp³-hybridized carbons (Fsp3) is 0.944. The van der Waals surface area contributed by atoms with Gasteiger partial charge in [0.25, 0.3) is 0 Å². The van der Waals surface area contributed by atoms with E-state index in [2.05, 4.69) is 12.2 Å². The Kier molecular flexibility index (Phi) is 11.3. The maximum Gasteiger partial charge on any atom is 0.306 e. The number of nitrogens with one attached hydrogen (secondary N) is 1. The molecule has 1 atom stereocenters. The lowest BCUT2D eigenvalue weighted by atomic mass is 9.95. The lowest BCUT2D eigenvalue weighted by Gasteiger charge is -2.26. The van der Waals surface area contributed by atoms with Crippen LogP contribution >= 0.6 is 0 Å². The molecule has 0 heterocycles. The molecule has 25 heavy (non-hydrogen) atoms. The van der Waals surface area contributed by atoms with Crippen molar-refractivity contribution < 1.29 is 22.5 Å². The molecular formula is C18H34NO5S-. The molecule has 7 heteroatoms. The fourth-order valence-electron chi connectivity index (χ4n) is 3.26. The third-order valence-corrected chi connectivity index (χ3v) is 5.44.